The van der Waals surface area contributed by atoms with Crippen molar-refractivity contribution in [1.29, 1.82) is 0 Å². The van der Waals surface area contributed by atoms with E-state index in [4.69, 9.17) is 23.9 Å². The largest absolute Gasteiger partial charge is 0.491 e. The van der Waals surface area contributed by atoms with Gasteiger partial charge >= 0.3 is 6.09 Å². The lowest BCUT2D eigenvalue weighted by atomic mass is 9.83. The van der Waals surface area contributed by atoms with Crippen LogP contribution in [0.15, 0.2) is 29.6 Å². The topological polar surface area (TPSA) is 137 Å². The van der Waals surface area contributed by atoms with Crippen molar-refractivity contribution in [1.82, 2.24) is 20.1 Å². The van der Waals surface area contributed by atoms with Gasteiger partial charge in [-0.25, -0.2) is 9.78 Å². The van der Waals surface area contributed by atoms with Crippen molar-refractivity contribution in [2.45, 2.75) is 96.1 Å². The van der Waals surface area contributed by atoms with Crippen LogP contribution in [0.4, 0.5) is 4.79 Å². The number of aromatic nitrogens is 1. The van der Waals surface area contributed by atoms with Gasteiger partial charge in [0.05, 0.1) is 39.1 Å². The van der Waals surface area contributed by atoms with Gasteiger partial charge in [0.25, 0.3) is 0 Å². The van der Waals surface area contributed by atoms with E-state index in [0.717, 1.165) is 49.6 Å². The molecule has 288 valence electrons. The molecule has 0 bridgehead atoms. The zero-order valence-corrected chi connectivity index (χ0v) is 33.5. The second-order valence-corrected chi connectivity index (χ2v) is 21.3. The number of rotatable bonds is 20. The maximum absolute atomic E-state index is 13.9. The minimum Gasteiger partial charge on any atom is -0.491 e. The molecule has 0 spiro atoms. The molecule has 3 amide bonds. The lowest BCUT2D eigenvalue weighted by Gasteiger charge is -2.34. The van der Waals surface area contributed by atoms with Gasteiger partial charge in [-0.15, -0.1) is 11.3 Å². The van der Waals surface area contributed by atoms with Crippen molar-refractivity contribution in [3.8, 4) is 5.75 Å². The molecule has 1 aliphatic heterocycles. The van der Waals surface area contributed by atoms with Gasteiger partial charge in [0.2, 0.25) is 17.6 Å². The molecule has 4 rings (SSSR count). The molecule has 0 unspecified atom stereocenters. The third kappa shape index (κ3) is 13.0. The minimum atomic E-state index is -1.24. The Morgan fingerprint density at radius 2 is 1.71 bits per heavy atom. The highest BCUT2D eigenvalue weighted by Crippen LogP contribution is 2.36. The third-order valence-electron chi connectivity index (χ3n) is 9.53. The molecular formula is C38H58N4O8SSi. The molecule has 1 N–H and O–H groups in total. The third-order valence-corrected chi connectivity index (χ3v) is 12.2. The Kier molecular flexibility index (Phi) is 16.6. The van der Waals surface area contributed by atoms with Crippen LogP contribution in [0.5, 0.6) is 5.75 Å². The van der Waals surface area contributed by atoms with Gasteiger partial charge in [0.1, 0.15) is 29.1 Å². The monoisotopic (exact) mass is 758 g/mol. The fraction of sp³-hybridized carbons (Fsp3) is 0.658. The Morgan fingerprint density at radius 3 is 2.44 bits per heavy atom. The lowest BCUT2D eigenvalue weighted by Crippen LogP contribution is -2.52. The number of benzene rings is 1. The van der Waals surface area contributed by atoms with Crippen LogP contribution in [-0.2, 0) is 23.8 Å². The summed E-state index contributed by atoms with van der Waals surface area (Å²) in [4.78, 5) is 60.0. The van der Waals surface area contributed by atoms with Gasteiger partial charge in [-0.05, 0) is 49.8 Å². The number of likely N-dealkylation sites (N-methyl/N-ethyl adjacent to an activating group) is 1. The number of carbonyl (C=O) groups is 4. The smallest absolute Gasteiger partial charge is 0.409 e. The molecule has 2 fully saturated rings. The molecule has 1 aromatic heterocycles. The number of thiazole rings is 1. The zero-order valence-electron chi connectivity index (χ0n) is 31.7. The Labute approximate surface area is 313 Å². The Balaban J connectivity index is 1.19. The maximum Gasteiger partial charge on any atom is 0.409 e. The predicted octanol–water partition coefficient (Wildman–Crippen LogP) is 6.33. The maximum atomic E-state index is 13.9. The zero-order chi connectivity index (χ0) is 37.5. The number of nitrogens with one attached hydrogen (secondary N) is 1. The summed E-state index contributed by atoms with van der Waals surface area (Å²) in [6.45, 7) is 11.9. The highest BCUT2D eigenvalue weighted by atomic mass is 32.1. The van der Waals surface area contributed by atoms with Crippen molar-refractivity contribution in [3.05, 3.63) is 45.9 Å². The average molecular weight is 759 g/mol. The van der Waals surface area contributed by atoms with Crippen LogP contribution in [0.1, 0.15) is 85.4 Å². The highest BCUT2D eigenvalue weighted by Gasteiger charge is 2.39. The van der Waals surface area contributed by atoms with Crippen molar-refractivity contribution < 1.29 is 38.1 Å². The molecule has 2 aromatic rings. The molecule has 1 saturated carbocycles. The Morgan fingerprint density at radius 1 is 0.981 bits per heavy atom. The highest BCUT2D eigenvalue weighted by molar-refractivity contribution is 7.10. The van der Waals surface area contributed by atoms with Crippen LogP contribution in [0.2, 0.25) is 25.7 Å². The summed E-state index contributed by atoms with van der Waals surface area (Å²) < 4.78 is 22.4. The SMILES string of the molecule is CCC(=O)N[C@H](C(=O)N1CCC[C@H]1c1nc(C(=O)c2cccc(OCCOCCOCCN(C)C(=O)OCC[Si](C)(C)C)c2)cs1)C1CCCCC1. The number of ether oxygens (including phenoxy) is 4. The molecule has 1 saturated heterocycles. The minimum absolute atomic E-state index is 0.0319. The van der Waals surface area contributed by atoms with E-state index < -0.39 is 14.1 Å². The summed E-state index contributed by atoms with van der Waals surface area (Å²) in [7, 11) is 0.455. The fourth-order valence-electron chi connectivity index (χ4n) is 6.40. The van der Waals surface area contributed by atoms with Crippen molar-refractivity contribution in [3.63, 3.8) is 0 Å². The molecule has 12 nitrogen and oxygen atoms in total. The van der Waals surface area contributed by atoms with Crippen LogP contribution >= 0.6 is 11.3 Å². The number of hydrogen-bond donors (Lipinski definition) is 1. The summed E-state index contributed by atoms with van der Waals surface area (Å²) in [5, 5.41) is 5.55. The van der Waals surface area contributed by atoms with Crippen molar-refractivity contribution >= 4 is 43.1 Å². The molecule has 14 heteroatoms. The van der Waals surface area contributed by atoms with Gasteiger partial charge in [-0.3, -0.25) is 14.4 Å². The predicted molar refractivity (Wildman–Crippen MR) is 204 cm³/mol. The van der Waals surface area contributed by atoms with E-state index in [-0.39, 0.29) is 35.7 Å². The second kappa shape index (κ2) is 20.8. The van der Waals surface area contributed by atoms with Gasteiger partial charge in [-0.1, -0.05) is 58.0 Å². The van der Waals surface area contributed by atoms with Crippen LogP contribution < -0.4 is 10.1 Å². The second-order valence-electron chi connectivity index (χ2n) is 14.8. The van der Waals surface area contributed by atoms with Crippen molar-refractivity contribution in [2.75, 3.05) is 59.8 Å². The number of hydrogen-bond acceptors (Lipinski definition) is 10. The van der Waals surface area contributed by atoms with Crippen LogP contribution in [0.25, 0.3) is 0 Å². The van der Waals surface area contributed by atoms with E-state index in [1.807, 2.05) is 4.90 Å². The van der Waals surface area contributed by atoms with Gasteiger partial charge in [0.15, 0.2) is 0 Å². The molecule has 1 aromatic carbocycles. The summed E-state index contributed by atoms with van der Waals surface area (Å²) >= 11 is 1.40. The summed E-state index contributed by atoms with van der Waals surface area (Å²) in [6, 6.07) is 7.22. The molecule has 2 heterocycles. The van der Waals surface area contributed by atoms with E-state index in [0.29, 0.717) is 76.2 Å². The quantitative estimate of drug-likeness (QED) is 0.0934. The first-order valence-electron chi connectivity index (χ1n) is 18.8. The molecule has 52 heavy (non-hydrogen) atoms. The number of amides is 3. The summed E-state index contributed by atoms with van der Waals surface area (Å²) in [6.07, 6.45) is 6.84. The molecule has 0 radical (unpaired) electrons. The Bertz CT molecular complexity index is 1460. The van der Waals surface area contributed by atoms with E-state index >= 15 is 0 Å². The summed E-state index contributed by atoms with van der Waals surface area (Å²) in [5.74, 6) is 0.355. The normalized spacial score (nSPS) is 17.1. The standard InChI is InChI=1S/C38H58N4O8SSi/c1-6-33(43)40-34(28-12-8-7-9-13-28)37(45)42-17-11-16-32(42)36-39-31(27-51-36)35(44)29-14-10-15-30(26-29)49-23-22-48-21-20-47-19-18-41(2)38(46)50-24-25-52(3,4)5/h10,14-15,26-28,32,34H,6-9,11-13,16-25H2,1-5H3,(H,40,43)/t32-,34-/m0/s1. The van der Waals surface area contributed by atoms with E-state index in [2.05, 4.69) is 25.0 Å². The number of nitrogens with zero attached hydrogens (tertiary/aromatic N) is 3. The Hall–Kier alpha value is -3.33. The summed E-state index contributed by atoms with van der Waals surface area (Å²) in [5.41, 5.74) is 0.806. The number of ketones is 1. The number of carbonyl (C=O) groups excluding carboxylic acids is 4. The fourth-order valence-corrected chi connectivity index (χ4v) is 8.06. The van der Waals surface area contributed by atoms with Crippen LogP contribution in [0, 0.1) is 5.92 Å². The van der Waals surface area contributed by atoms with Gasteiger partial charge in [0, 0.05) is 45.6 Å². The van der Waals surface area contributed by atoms with Crippen molar-refractivity contribution in [2.24, 2.45) is 5.92 Å². The first kappa shape index (κ1) is 41.4. The van der Waals surface area contributed by atoms with Crippen LogP contribution in [0.3, 0.4) is 0 Å². The van der Waals surface area contributed by atoms with E-state index in [1.54, 1.807) is 43.6 Å². The van der Waals surface area contributed by atoms with Crippen LogP contribution in [-0.4, -0.2) is 112 Å². The van der Waals surface area contributed by atoms with E-state index in [9.17, 15) is 19.2 Å². The molecule has 2 aliphatic rings. The molecular weight excluding hydrogens is 701 g/mol. The molecule has 1 aliphatic carbocycles. The van der Waals surface area contributed by atoms with Gasteiger partial charge in [-0.2, -0.15) is 0 Å². The number of likely N-dealkylation sites (tertiary alicyclic amines) is 1. The lowest BCUT2D eigenvalue weighted by molar-refractivity contribution is -0.139. The average Bonchev–Trinajstić information content (AvgIpc) is 3.83. The van der Waals surface area contributed by atoms with E-state index in [1.165, 1.54) is 22.7 Å². The first-order chi connectivity index (χ1) is 25.0. The first-order valence-corrected chi connectivity index (χ1v) is 23.4. The molecule has 2 atom stereocenters. The van der Waals surface area contributed by atoms with Gasteiger partial charge < -0.3 is 34.1 Å².